The third kappa shape index (κ3) is 3.11. The highest BCUT2D eigenvalue weighted by molar-refractivity contribution is 5.31. The van der Waals surface area contributed by atoms with Gasteiger partial charge in [-0.3, -0.25) is 0 Å². The van der Waals surface area contributed by atoms with Gasteiger partial charge >= 0.3 is 6.18 Å². The largest absolute Gasteiger partial charge is 0.416 e. The Labute approximate surface area is 112 Å². The second-order valence-corrected chi connectivity index (χ2v) is 5.47. The predicted molar refractivity (Wildman–Crippen MR) is 69.9 cm³/mol. The number of halogens is 3. The lowest BCUT2D eigenvalue weighted by molar-refractivity contribution is -0.137. The van der Waals surface area contributed by atoms with E-state index in [1.807, 2.05) is 0 Å². The topological polar surface area (TPSA) is 26.0 Å². The summed E-state index contributed by atoms with van der Waals surface area (Å²) in [6, 6.07) is 5.58. The minimum Gasteiger partial charge on any atom is -0.330 e. The average Bonchev–Trinajstić information content (AvgIpc) is 2.64. The lowest BCUT2D eigenvalue weighted by Gasteiger charge is -2.32. The van der Waals surface area contributed by atoms with Gasteiger partial charge < -0.3 is 5.73 Å². The summed E-state index contributed by atoms with van der Waals surface area (Å²) >= 11 is 0. The second kappa shape index (κ2) is 5.53. The molecule has 1 aromatic carbocycles. The van der Waals surface area contributed by atoms with Crippen LogP contribution in [0.15, 0.2) is 24.3 Å². The van der Waals surface area contributed by atoms with Crippen molar-refractivity contribution in [2.24, 2.45) is 5.73 Å². The summed E-state index contributed by atoms with van der Waals surface area (Å²) in [6.07, 6.45) is 2.31. The van der Waals surface area contributed by atoms with Crippen LogP contribution in [0, 0.1) is 0 Å². The fourth-order valence-corrected chi connectivity index (χ4v) is 3.03. The molecule has 0 saturated heterocycles. The first-order valence-electron chi connectivity index (χ1n) is 6.86. The van der Waals surface area contributed by atoms with Gasteiger partial charge in [0.25, 0.3) is 0 Å². The van der Waals surface area contributed by atoms with Gasteiger partial charge in [-0.1, -0.05) is 37.8 Å². The van der Waals surface area contributed by atoms with Gasteiger partial charge in [0.2, 0.25) is 0 Å². The number of rotatable bonds is 2. The van der Waals surface area contributed by atoms with Crippen LogP contribution >= 0.6 is 0 Å². The van der Waals surface area contributed by atoms with Crippen LogP contribution in [0.4, 0.5) is 13.2 Å². The molecule has 1 fully saturated rings. The highest BCUT2D eigenvalue weighted by atomic mass is 19.4. The van der Waals surface area contributed by atoms with Crippen molar-refractivity contribution in [2.45, 2.75) is 50.1 Å². The van der Waals surface area contributed by atoms with Crippen molar-refractivity contribution >= 4 is 0 Å². The first kappa shape index (κ1) is 14.4. The standard InChI is InChI=1S/C15H20F3N/c16-15(17,18)13-7-5-12(6-8-13)14(11-19)9-3-1-2-4-10-14/h5-8H,1-4,9-11,19H2. The van der Waals surface area contributed by atoms with Gasteiger partial charge in [0.15, 0.2) is 0 Å². The van der Waals surface area contributed by atoms with Crippen LogP contribution in [0.25, 0.3) is 0 Å². The lowest BCUT2D eigenvalue weighted by atomic mass is 9.74. The van der Waals surface area contributed by atoms with Crippen LogP contribution in [0.1, 0.15) is 49.7 Å². The van der Waals surface area contributed by atoms with E-state index in [1.165, 1.54) is 25.0 Å². The van der Waals surface area contributed by atoms with Crippen LogP contribution in [-0.4, -0.2) is 6.54 Å². The highest BCUT2D eigenvalue weighted by Gasteiger charge is 2.34. The Kier molecular flexibility index (Phi) is 4.19. The van der Waals surface area contributed by atoms with E-state index in [9.17, 15) is 13.2 Å². The van der Waals surface area contributed by atoms with Crippen LogP contribution < -0.4 is 5.73 Å². The highest BCUT2D eigenvalue weighted by Crippen LogP contribution is 2.38. The van der Waals surface area contributed by atoms with Crippen molar-refractivity contribution < 1.29 is 13.2 Å². The summed E-state index contributed by atoms with van der Waals surface area (Å²) < 4.78 is 37.7. The molecule has 19 heavy (non-hydrogen) atoms. The molecule has 1 nitrogen and oxygen atoms in total. The molecule has 2 rings (SSSR count). The molecule has 0 atom stereocenters. The minimum atomic E-state index is -4.27. The maximum absolute atomic E-state index is 12.6. The Hall–Kier alpha value is -1.03. The van der Waals surface area contributed by atoms with Gasteiger partial charge in [-0.25, -0.2) is 0 Å². The van der Waals surface area contributed by atoms with Crippen molar-refractivity contribution in [1.29, 1.82) is 0 Å². The van der Waals surface area contributed by atoms with Gasteiger partial charge in [0, 0.05) is 12.0 Å². The number of hydrogen-bond acceptors (Lipinski definition) is 1. The molecule has 0 unspecified atom stereocenters. The third-order valence-electron chi connectivity index (χ3n) is 4.28. The van der Waals surface area contributed by atoms with Crippen LogP contribution in [0.2, 0.25) is 0 Å². The Morgan fingerprint density at radius 2 is 1.47 bits per heavy atom. The first-order chi connectivity index (χ1) is 8.98. The number of benzene rings is 1. The van der Waals surface area contributed by atoms with Crippen LogP contribution in [0.3, 0.4) is 0 Å². The quantitative estimate of drug-likeness (QED) is 0.799. The molecular formula is C15H20F3N. The van der Waals surface area contributed by atoms with Gasteiger partial charge in [-0.2, -0.15) is 13.2 Å². The van der Waals surface area contributed by atoms with Crippen molar-refractivity contribution in [3.63, 3.8) is 0 Å². The van der Waals surface area contributed by atoms with E-state index < -0.39 is 11.7 Å². The Bertz CT molecular complexity index is 400. The van der Waals surface area contributed by atoms with Crippen molar-refractivity contribution in [2.75, 3.05) is 6.54 Å². The number of alkyl halides is 3. The predicted octanol–water partition coefficient (Wildman–Crippen LogP) is 4.26. The van der Waals surface area contributed by atoms with E-state index in [-0.39, 0.29) is 5.41 Å². The first-order valence-corrected chi connectivity index (χ1v) is 6.86. The van der Waals surface area contributed by atoms with Gasteiger partial charge in [0.05, 0.1) is 5.56 Å². The second-order valence-electron chi connectivity index (χ2n) is 5.47. The van der Waals surface area contributed by atoms with Crippen molar-refractivity contribution in [3.05, 3.63) is 35.4 Å². The zero-order valence-electron chi connectivity index (χ0n) is 11.0. The Morgan fingerprint density at radius 1 is 0.947 bits per heavy atom. The maximum atomic E-state index is 12.6. The third-order valence-corrected chi connectivity index (χ3v) is 4.28. The molecule has 0 aromatic heterocycles. The Morgan fingerprint density at radius 3 is 1.89 bits per heavy atom. The molecule has 0 bridgehead atoms. The molecule has 1 aromatic rings. The van der Waals surface area contributed by atoms with Crippen molar-refractivity contribution in [1.82, 2.24) is 0 Å². The van der Waals surface area contributed by atoms with Crippen LogP contribution in [0.5, 0.6) is 0 Å². The fraction of sp³-hybridized carbons (Fsp3) is 0.600. The molecule has 1 aliphatic carbocycles. The van der Waals surface area contributed by atoms with Crippen LogP contribution in [-0.2, 0) is 11.6 Å². The molecule has 0 spiro atoms. The van der Waals surface area contributed by atoms with Gasteiger partial charge in [0.1, 0.15) is 0 Å². The molecule has 0 heterocycles. The smallest absolute Gasteiger partial charge is 0.330 e. The number of hydrogen-bond donors (Lipinski definition) is 1. The molecule has 106 valence electrons. The van der Waals surface area contributed by atoms with Gasteiger partial charge in [-0.05, 0) is 30.5 Å². The molecule has 0 radical (unpaired) electrons. The van der Waals surface area contributed by atoms with E-state index in [2.05, 4.69) is 0 Å². The van der Waals surface area contributed by atoms with Crippen molar-refractivity contribution in [3.8, 4) is 0 Å². The SMILES string of the molecule is NCC1(c2ccc(C(F)(F)F)cc2)CCCCCC1. The lowest BCUT2D eigenvalue weighted by Crippen LogP contribution is -2.34. The summed E-state index contributed by atoms with van der Waals surface area (Å²) in [6.45, 7) is 0.512. The summed E-state index contributed by atoms with van der Waals surface area (Å²) in [7, 11) is 0. The summed E-state index contributed by atoms with van der Waals surface area (Å²) in [5.74, 6) is 0. The van der Waals surface area contributed by atoms with Gasteiger partial charge in [-0.15, -0.1) is 0 Å². The maximum Gasteiger partial charge on any atom is 0.416 e. The molecular weight excluding hydrogens is 251 g/mol. The zero-order chi connectivity index (χ0) is 13.9. The fourth-order valence-electron chi connectivity index (χ4n) is 3.03. The van der Waals surface area contributed by atoms with E-state index in [1.54, 1.807) is 12.1 Å². The minimum absolute atomic E-state index is 0.124. The number of nitrogens with two attached hydrogens (primary N) is 1. The monoisotopic (exact) mass is 271 g/mol. The summed E-state index contributed by atoms with van der Waals surface area (Å²) in [5.41, 5.74) is 6.19. The molecule has 1 aliphatic rings. The molecule has 1 saturated carbocycles. The zero-order valence-corrected chi connectivity index (χ0v) is 11.0. The normalized spacial score (nSPS) is 20.0. The molecule has 4 heteroatoms. The van der Waals surface area contributed by atoms with E-state index in [0.717, 1.165) is 31.2 Å². The Balaban J connectivity index is 2.28. The summed E-state index contributed by atoms with van der Waals surface area (Å²) in [5, 5.41) is 0. The average molecular weight is 271 g/mol. The molecule has 0 amide bonds. The molecule has 0 aliphatic heterocycles. The van der Waals surface area contributed by atoms with E-state index >= 15 is 0 Å². The van der Waals surface area contributed by atoms with E-state index in [4.69, 9.17) is 5.73 Å². The molecule has 2 N–H and O–H groups in total. The van der Waals surface area contributed by atoms with E-state index in [0.29, 0.717) is 6.54 Å². The summed E-state index contributed by atoms with van der Waals surface area (Å²) in [4.78, 5) is 0.